The van der Waals surface area contributed by atoms with Crippen molar-refractivity contribution >= 4 is 39.9 Å². The fourth-order valence-electron chi connectivity index (χ4n) is 1.51. The lowest BCUT2D eigenvalue weighted by Gasteiger charge is -2.06. The van der Waals surface area contributed by atoms with Crippen molar-refractivity contribution in [3.05, 3.63) is 39.9 Å². The Kier molecular flexibility index (Phi) is 2.66. The highest BCUT2D eigenvalue weighted by Crippen LogP contribution is 2.35. The molecule has 0 fully saturated rings. The average molecular weight is 257 g/mol. The number of hydrogen-bond donors (Lipinski definition) is 2. The van der Waals surface area contributed by atoms with Gasteiger partial charge in [0.25, 0.3) is 0 Å². The van der Waals surface area contributed by atoms with Crippen LogP contribution in [0.25, 0.3) is 10.8 Å². The van der Waals surface area contributed by atoms with Crippen LogP contribution >= 0.6 is 23.2 Å². The zero-order valence-corrected chi connectivity index (χ0v) is 9.38. The lowest BCUT2D eigenvalue weighted by atomic mass is 10.1. The van der Waals surface area contributed by atoms with Crippen LogP contribution in [-0.2, 0) is 0 Å². The second-order valence-electron chi connectivity index (χ2n) is 3.25. The zero-order valence-electron chi connectivity index (χ0n) is 7.87. The number of hydrogen-bond acceptors (Lipinski definition) is 2. The molecule has 3 nitrogen and oxygen atoms in total. The van der Waals surface area contributed by atoms with Gasteiger partial charge in [-0.1, -0.05) is 29.3 Å². The second-order valence-corrected chi connectivity index (χ2v) is 4.09. The van der Waals surface area contributed by atoms with Crippen LogP contribution in [0.15, 0.2) is 24.3 Å². The number of aromatic hydroxyl groups is 1. The third kappa shape index (κ3) is 1.68. The van der Waals surface area contributed by atoms with Crippen molar-refractivity contribution in [1.29, 1.82) is 0 Å². The molecule has 2 N–H and O–H groups in total. The summed E-state index contributed by atoms with van der Waals surface area (Å²) in [4.78, 5) is 10.8. The Morgan fingerprint density at radius 3 is 2.44 bits per heavy atom. The van der Waals surface area contributed by atoms with Crippen molar-refractivity contribution in [1.82, 2.24) is 0 Å². The van der Waals surface area contributed by atoms with Gasteiger partial charge in [0.05, 0.1) is 5.02 Å². The maximum Gasteiger partial charge on any atom is 0.339 e. The van der Waals surface area contributed by atoms with Gasteiger partial charge >= 0.3 is 5.97 Å². The summed E-state index contributed by atoms with van der Waals surface area (Å²) in [5.41, 5.74) is -0.175. The summed E-state index contributed by atoms with van der Waals surface area (Å²) < 4.78 is 0. The highest BCUT2D eigenvalue weighted by atomic mass is 35.5. The molecule has 0 aliphatic rings. The van der Waals surface area contributed by atoms with E-state index in [1.807, 2.05) is 0 Å². The molecule has 0 atom stereocenters. The van der Waals surface area contributed by atoms with E-state index in [9.17, 15) is 9.90 Å². The van der Waals surface area contributed by atoms with Gasteiger partial charge in [-0.3, -0.25) is 0 Å². The zero-order chi connectivity index (χ0) is 11.9. The second kappa shape index (κ2) is 3.85. The van der Waals surface area contributed by atoms with Crippen LogP contribution in [0.2, 0.25) is 10.0 Å². The quantitative estimate of drug-likeness (QED) is 0.821. The van der Waals surface area contributed by atoms with Gasteiger partial charge < -0.3 is 10.2 Å². The molecule has 0 spiro atoms. The molecule has 5 heteroatoms. The highest BCUT2D eigenvalue weighted by molar-refractivity contribution is 6.39. The van der Waals surface area contributed by atoms with E-state index in [1.165, 1.54) is 24.3 Å². The lowest BCUT2D eigenvalue weighted by molar-refractivity contribution is 0.0694. The van der Waals surface area contributed by atoms with E-state index in [0.29, 0.717) is 20.8 Å². The molecular weight excluding hydrogens is 251 g/mol. The van der Waals surface area contributed by atoms with Crippen molar-refractivity contribution in [3.63, 3.8) is 0 Å². The number of carboxylic acid groups (broad SMARTS) is 1. The molecule has 0 aliphatic heterocycles. The van der Waals surface area contributed by atoms with Crippen molar-refractivity contribution < 1.29 is 15.0 Å². The molecule has 0 unspecified atom stereocenters. The largest absolute Gasteiger partial charge is 0.506 e. The van der Waals surface area contributed by atoms with E-state index < -0.39 is 5.97 Å². The van der Waals surface area contributed by atoms with Crippen molar-refractivity contribution in [2.75, 3.05) is 0 Å². The van der Waals surface area contributed by atoms with Crippen LogP contribution in [0.4, 0.5) is 0 Å². The molecule has 0 saturated carbocycles. The minimum atomic E-state index is -1.20. The van der Waals surface area contributed by atoms with Crippen molar-refractivity contribution in [2.24, 2.45) is 0 Å². The minimum Gasteiger partial charge on any atom is -0.506 e. The smallest absolute Gasteiger partial charge is 0.339 e. The summed E-state index contributed by atoms with van der Waals surface area (Å²) >= 11 is 11.7. The van der Waals surface area contributed by atoms with E-state index in [1.54, 1.807) is 0 Å². The first-order valence-corrected chi connectivity index (χ1v) is 5.10. The Labute approximate surface area is 101 Å². The van der Waals surface area contributed by atoms with Crippen molar-refractivity contribution in [2.45, 2.75) is 0 Å². The third-order valence-electron chi connectivity index (χ3n) is 2.25. The molecule has 2 rings (SSSR count). The Hall–Kier alpha value is -1.45. The van der Waals surface area contributed by atoms with Gasteiger partial charge in [-0.15, -0.1) is 0 Å². The Bertz CT molecular complexity index is 593. The number of halogens is 2. The number of carbonyl (C=O) groups is 1. The van der Waals surface area contributed by atoms with Gasteiger partial charge in [0.2, 0.25) is 0 Å². The van der Waals surface area contributed by atoms with Crippen LogP contribution in [0.3, 0.4) is 0 Å². The predicted octanol–water partition coefficient (Wildman–Crippen LogP) is 3.55. The topological polar surface area (TPSA) is 57.5 Å². The van der Waals surface area contributed by atoms with E-state index >= 15 is 0 Å². The Morgan fingerprint density at radius 2 is 1.81 bits per heavy atom. The van der Waals surface area contributed by atoms with Crippen LogP contribution in [0, 0.1) is 0 Å². The van der Waals surface area contributed by atoms with Crippen molar-refractivity contribution in [3.8, 4) is 5.75 Å². The minimum absolute atomic E-state index is 0.175. The summed E-state index contributed by atoms with van der Waals surface area (Å²) in [5, 5.41) is 20.2. The molecule has 0 bridgehead atoms. The molecule has 2 aromatic carbocycles. The molecule has 0 aliphatic carbocycles. The molecule has 0 heterocycles. The fraction of sp³-hybridized carbons (Fsp3) is 0. The maximum absolute atomic E-state index is 10.8. The number of fused-ring (bicyclic) bond motifs is 1. The molecule has 82 valence electrons. The molecule has 0 radical (unpaired) electrons. The van der Waals surface area contributed by atoms with Crippen LogP contribution < -0.4 is 0 Å². The molecule has 0 amide bonds. The van der Waals surface area contributed by atoms with Gasteiger partial charge in [-0.2, -0.15) is 0 Å². The SMILES string of the molecule is O=C(O)c1ccc2c(Cl)cc(Cl)cc2c1O. The maximum atomic E-state index is 10.8. The van der Waals surface area contributed by atoms with Crippen LogP contribution in [0.5, 0.6) is 5.75 Å². The molecule has 2 aromatic rings. The number of rotatable bonds is 1. The number of benzene rings is 2. The average Bonchev–Trinajstić information content (AvgIpc) is 2.19. The van der Waals surface area contributed by atoms with Gasteiger partial charge in [0.15, 0.2) is 0 Å². The van der Waals surface area contributed by atoms with E-state index in [4.69, 9.17) is 28.3 Å². The monoisotopic (exact) mass is 256 g/mol. The number of aromatic carboxylic acids is 1. The lowest BCUT2D eigenvalue weighted by Crippen LogP contribution is -1.96. The van der Waals surface area contributed by atoms with Crippen LogP contribution in [0.1, 0.15) is 10.4 Å². The van der Waals surface area contributed by atoms with E-state index in [-0.39, 0.29) is 11.3 Å². The normalized spacial score (nSPS) is 10.6. The summed E-state index contributed by atoms with van der Waals surface area (Å²) in [6, 6.07) is 5.85. The standard InChI is InChI=1S/C11H6Cl2O3/c12-5-3-8-6(9(13)4-5)1-2-7(10(8)14)11(15)16/h1-4,14H,(H,15,16). The Balaban J connectivity index is 2.89. The number of carboxylic acids is 1. The third-order valence-corrected chi connectivity index (χ3v) is 2.78. The summed E-state index contributed by atoms with van der Waals surface area (Å²) in [7, 11) is 0. The first-order chi connectivity index (χ1) is 7.50. The molecular formula is C11H6Cl2O3. The number of phenols is 1. The van der Waals surface area contributed by atoms with E-state index in [2.05, 4.69) is 0 Å². The van der Waals surface area contributed by atoms with Gasteiger partial charge in [0, 0.05) is 15.8 Å². The molecule has 0 aromatic heterocycles. The first-order valence-electron chi connectivity index (χ1n) is 4.34. The summed E-state index contributed by atoms with van der Waals surface area (Å²) in [6.45, 7) is 0. The fourth-order valence-corrected chi connectivity index (χ4v) is 2.07. The van der Waals surface area contributed by atoms with Gasteiger partial charge in [-0.05, 0) is 18.2 Å². The molecule has 0 saturated heterocycles. The van der Waals surface area contributed by atoms with E-state index in [0.717, 1.165) is 0 Å². The summed E-state index contributed by atoms with van der Waals surface area (Å²) in [5.74, 6) is -1.52. The molecule has 16 heavy (non-hydrogen) atoms. The Morgan fingerprint density at radius 1 is 1.12 bits per heavy atom. The highest BCUT2D eigenvalue weighted by Gasteiger charge is 2.14. The van der Waals surface area contributed by atoms with Gasteiger partial charge in [-0.25, -0.2) is 4.79 Å². The summed E-state index contributed by atoms with van der Waals surface area (Å²) in [6.07, 6.45) is 0. The van der Waals surface area contributed by atoms with Gasteiger partial charge in [0.1, 0.15) is 11.3 Å². The predicted molar refractivity (Wildman–Crippen MR) is 62.6 cm³/mol. The first kappa shape index (κ1) is 11.0. The van der Waals surface area contributed by atoms with Crippen LogP contribution in [-0.4, -0.2) is 16.2 Å².